The number of halogens is 1. The first-order valence-corrected chi connectivity index (χ1v) is 6.93. The molecular weight excluding hydrogens is 324 g/mol. The Bertz CT molecular complexity index is 698. The van der Waals surface area contributed by atoms with Crippen LogP contribution in [0.2, 0.25) is 0 Å². The van der Waals surface area contributed by atoms with Gasteiger partial charge in [0.05, 0.1) is 10.4 Å². The van der Waals surface area contributed by atoms with Gasteiger partial charge in [-0.25, -0.2) is 4.98 Å². The molecule has 2 rings (SSSR count). The second kappa shape index (κ2) is 5.66. The molecule has 0 amide bonds. The minimum atomic E-state index is -0.490. The fourth-order valence-corrected chi connectivity index (χ4v) is 2.29. The Morgan fingerprint density at radius 1 is 1.45 bits per heavy atom. The molecule has 104 valence electrons. The van der Waals surface area contributed by atoms with Crippen LogP contribution < -0.4 is 0 Å². The SMILES string of the molecule is CC(C)C(=O)Cc1c([N+](=O)[O-])cnc2ccc(Br)cc12. The molecule has 0 radical (unpaired) electrons. The summed E-state index contributed by atoms with van der Waals surface area (Å²) in [4.78, 5) is 26.7. The topological polar surface area (TPSA) is 73.1 Å². The molecule has 1 heterocycles. The third-order valence-corrected chi connectivity index (χ3v) is 3.60. The molecule has 20 heavy (non-hydrogen) atoms. The Labute approximate surface area is 124 Å². The van der Waals surface area contributed by atoms with Crippen LogP contribution in [0.4, 0.5) is 5.69 Å². The van der Waals surface area contributed by atoms with E-state index >= 15 is 0 Å². The zero-order valence-electron chi connectivity index (χ0n) is 11.1. The number of aromatic nitrogens is 1. The van der Waals surface area contributed by atoms with E-state index in [1.165, 1.54) is 6.20 Å². The fraction of sp³-hybridized carbons (Fsp3) is 0.286. The Hall–Kier alpha value is -1.82. The van der Waals surface area contributed by atoms with Crippen LogP contribution in [0.1, 0.15) is 19.4 Å². The van der Waals surface area contributed by atoms with Crippen LogP contribution in [0.25, 0.3) is 10.9 Å². The monoisotopic (exact) mass is 336 g/mol. The minimum Gasteiger partial charge on any atom is -0.299 e. The molecule has 0 spiro atoms. The highest BCUT2D eigenvalue weighted by Crippen LogP contribution is 2.29. The Kier molecular flexibility index (Phi) is 4.13. The van der Waals surface area contributed by atoms with Crippen molar-refractivity contribution in [2.24, 2.45) is 5.92 Å². The number of fused-ring (bicyclic) bond motifs is 1. The average molecular weight is 337 g/mol. The van der Waals surface area contributed by atoms with Gasteiger partial charge in [-0.15, -0.1) is 0 Å². The predicted octanol–water partition coefficient (Wildman–Crippen LogP) is 3.67. The molecule has 0 N–H and O–H groups in total. The average Bonchev–Trinajstić information content (AvgIpc) is 2.38. The summed E-state index contributed by atoms with van der Waals surface area (Å²) < 4.78 is 0.797. The normalized spacial score (nSPS) is 11.0. The number of benzene rings is 1. The van der Waals surface area contributed by atoms with Crippen molar-refractivity contribution in [3.63, 3.8) is 0 Å². The summed E-state index contributed by atoms with van der Waals surface area (Å²) in [5.74, 6) is -0.189. The first-order chi connectivity index (χ1) is 9.40. The van der Waals surface area contributed by atoms with Crippen molar-refractivity contribution in [1.82, 2.24) is 4.98 Å². The van der Waals surface area contributed by atoms with E-state index < -0.39 is 4.92 Å². The first kappa shape index (κ1) is 14.6. The van der Waals surface area contributed by atoms with E-state index in [0.29, 0.717) is 16.5 Å². The molecule has 0 saturated heterocycles. The van der Waals surface area contributed by atoms with Gasteiger partial charge in [-0.05, 0) is 18.2 Å². The number of nitrogens with zero attached hydrogens (tertiary/aromatic N) is 2. The fourth-order valence-electron chi connectivity index (χ4n) is 1.93. The third kappa shape index (κ3) is 2.85. The highest BCUT2D eigenvalue weighted by molar-refractivity contribution is 9.10. The standard InChI is InChI=1S/C14H13BrN2O3/c1-8(2)14(18)6-11-10-5-9(15)3-4-12(10)16-7-13(11)17(19)20/h3-5,7-8H,6H2,1-2H3. The molecule has 0 fully saturated rings. The summed E-state index contributed by atoms with van der Waals surface area (Å²) in [7, 11) is 0. The van der Waals surface area contributed by atoms with Gasteiger partial charge in [0.1, 0.15) is 12.0 Å². The van der Waals surface area contributed by atoms with Crippen molar-refractivity contribution in [3.8, 4) is 0 Å². The molecule has 0 bridgehead atoms. The zero-order chi connectivity index (χ0) is 14.9. The molecule has 6 heteroatoms. The molecule has 1 aromatic carbocycles. The quantitative estimate of drug-likeness (QED) is 0.630. The van der Waals surface area contributed by atoms with E-state index in [1.807, 2.05) is 6.07 Å². The number of pyridine rings is 1. The van der Waals surface area contributed by atoms with E-state index in [-0.39, 0.29) is 23.8 Å². The lowest BCUT2D eigenvalue weighted by Gasteiger charge is -2.08. The maximum Gasteiger partial charge on any atom is 0.291 e. The van der Waals surface area contributed by atoms with Gasteiger partial charge in [0.25, 0.3) is 5.69 Å². The number of nitro groups is 1. The van der Waals surface area contributed by atoms with E-state index in [1.54, 1.807) is 26.0 Å². The van der Waals surface area contributed by atoms with Crippen LogP contribution in [0.3, 0.4) is 0 Å². The van der Waals surface area contributed by atoms with E-state index in [4.69, 9.17) is 0 Å². The van der Waals surface area contributed by atoms with E-state index in [2.05, 4.69) is 20.9 Å². The first-order valence-electron chi connectivity index (χ1n) is 6.14. The highest BCUT2D eigenvalue weighted by atomic mass is 79.9. The number of carbonyl (C=O) groups excluding carboxylic acids is 1. The van der Waals surface area contributed by atoms with Gasteiger partial charge in [-0.2, -0.15) is 0 Å². The van der Waals surface area contributed by atoms with E-state index in [0.717, 1.165) is 4.47 Å². The number of ketones is 1. The van der Waals surface area contributed by atoms with Gasteiger partial charge in [-0.3, -0.25) is 14.9 Å². The number of rotatable bonds is 4. The lowest BCUT2D eigenvalue weighted by molar-refractivity contribution is -0.385. The van der Waals surface area contributed by atoms with Gasteiger partial charge >= 0.3 is 0 Å². The predicted molar refractivity (Wildman–Crippen MR) is 79.6 cm³/mol. The molecule has 2 aromatic rings. The van der Waals surface area contributed by atoms with Crippen LogP contribution in [0.15, 0.2) is 28.9 Å². The maximum absolute atomic E-state index is 12.0. The minimum absolute atomic E-state index is 0.0272. The smallest absolute Gasteiger partial charge is 0.291 e. The lowest BCUT2D eigenvalue weighted by Crippen LogP contribution is -2.12. The molecule has 1 aromatic heterocycles. The summed E-state index contributed by atoms with van der Waals surface area (Å²) in [5, 5.41) is 11.8. The molecule has 0 aliphatic carbocycles. The lowest BCUT2D eigenvalue weighted by atomic mass is 9.97. The van der Waals surface area contributed by atoms with Crippen molar-refractivity contribution in [2.45, 2.75) is 20.3 Å². The van der Waals surface area contributed by atoms with Crippen LogP contribution in [-0.2, 0) is 11.2 Å². The van der Waals surface area contributed by atoms with Crippen LogP contribution in [0, 0.1) is 16.0 Å². The molecule has 0 saturated carbocycles. The van der Waals surface area contributed by atoms with Gasteiger partial charge in [0, 0.05) is 27.8 Å². The van der Waals surface area contributed by atoms with Crippen LogP contribution >= 0.6 is 15.9 Å². The van der Waals surface area contributed by atoms with Gasteiger partial charge in [-0.1, -0.05) is 29.8 Å². The highest BCUT2D eigenvalue weighted by Gasteiger charge is 2.21. The van der Waals surface area contributed by atoms with Crippen LogP contribution in [0.5, 0.6) is 0 Å². The summed E-state index contributed by atoms with van der Waals surface area (Å²) >= 11 is 3.34. The molecule has 0 aliphatic rings. The third-order valence-electron chi connectivity index (χ3n) is 3.11. The van der Waals surface area contributed by atoms with Crippen LogP contribution in [-0.4, -0.2) is 15.7 Å². The Morgan fingerprint density at radius 3 is 2.75 bits per heavy atom. The number of carbonyl (C=O) groups is 1. The second-order valence-electron chi connectivity index (χ2n) is 4.84. The van der Waals surface area contributed by atoms with Crippen molar-refractivity contribution in [3.05, 3.63) is 44.5 Å². The van der Waals surface area contributed by atoms with Crippen molar-refractivity contribution < 1.29 is 9.72 Å². The zero-order valence-corrected chi connectivity index (χ0v) is 12.7. The van der Waals surface area contributed by atoms with Gasteiger partial charge in [0.2, 0.25) is 0 Å². The molecule has 0 unspecified atom stereocenters. The summed E-state index contributed by atoms with van der Waals surface area (Å²) in [6.45, 7) is 3.57. The summed E-state index contributed by atoms with van der Waals surface area (Å²) in [5.41, 5.74) is 0.968. The summed E-state index contributed by atoms with van der Waals surface area (Å²) in [6.07, 6.45) is 1.27. The summed E-state index contributed by atoms with van der Waals surface area (Å²) in [6, 6.07) is 5.35. The molecular formula is C14H13BrN2O3. The largest absolute Gasteiger partial charge is 0.299 e. The van der Waals surface area contributed by atoms with Crippen molar-refractivity contribution >= 4 is 38.3 Å². The Balaban J connectivity index is 2.67. The Morgan fingerprint density at radius 2 is 2.15 bits per heavy atom. The number of hydrogen-bond acceptors (Lipinski definition) is 4. The van der Waals surface area contributed by atoms with Crippen molar-refractivity contribution in [2.75, 3.05) is 0 Å². The number of hydrogen-bond donors (Lipinski definition) is 0. The maximum atomic E-state index is 12.0. The number of Topliss-reactive ketones (excluding diaryl/α,β-unsaturated/α-hetero) is 1. The van der Waals surface area contributed by atoms with Gasteiger partial charge < -0.3 is 0 Å². The molecule has 5 nitrogen and oxygen atoms in total. The second-order valence-corrected chi connectivity index (χ2v) is 5.75. The molecule has 0 atom stereocenters. The van der Waals surface area contributed by atoms with Gasteiger partial charge in [0.15, 0.2) is 0 Å². The van der Waals surface area contributed by atoms with Crippen molar-refractivity contribution in [1.29, 1.82) is 0 Å². The molecule has 0 aliphatic heterocycles. The van der Waals surface area contributed by atoms with E-state index in [9.17, 15) is 14.9 Å².